The number of rotatable bonds is 11. The van der Waals surface area contributed by atoms with Crippen molar-refractivity contribution in [2.75, 3.05) is 13.2 Å². The summed E-state index contributed by atoms with van der Waals surface area (Å²) in [6.45, 7) is 8.74. The molecule has 0 fully saturated rings. The van der Waals surface area contributed by atoms with E-state index >= 15 is 0 Å². The number of benzene rings is 1. The molecule has 0 aliphatic carbocycles. The zero-order valence-corrected chi connectivity index (χ0v) is 15.9. The average Bonchev–Trinajstić information content (AvgIpc) is 2.52. The Bertz CT molecular complexity index is 498. The Labute approximate surface area is 141 Å². The van der Waals surface area contributed by atoms with Crippen LogP contribution < -0.4 is 0 Å². The molecular formula is C19H31O3P. The normalized spacial score (nSPS) is 13.6. The summed E-state index contributed by atoms with van der Waals surface area (Å²) >= 11 is 0. The maximum Gasteiger partial charge on any atom is 0.337 e. The van der Waals surface area contributed by atoms with Gasteiger partial charge in [-0.25, -0.2) is 0 Å². The van der Waals surface area contributed by atoms with Crippen molar-refractivity contribution in [3.63, 3.8) is 0 Å². The molecule has 1 unspecified atom stereocenters. The number of allylic oxidation sites excluding steroid dienone is 2. The van der Waals surface area contributed by atoms with Gasteiger partial charge in [0.15, 0.2) is 0 Å². The first-order valence-electron chi connectivity index (χ1n) is 8.66. The van der Waals surface area contributed by atoms with Crippen molar-refractivity contribution in [2.45, 2.75) is 59.0 Å². The molecule has 3 nitrogen and oxygen atoms in total. The predicted molar refractivity (Wildman–Crippen MR) is 98.2 cm³/mol. The van der Waals surface area contributed by atoms with Gasteiger partial charge in [0, 0.05) is 0 Å². The van der Waals surface area contributed by atoms with E-state index < -0.39 is 7.60 Å². The molecule has 4 heteroatoms. The molecule has 1 rings (SSSR count). The molecule has 0 amide bonds. The zero-order valence-electron chi connectivity index (χ0n) is 15.0. The first-order valence-corrected chi connectivity index (χ1v) is 10.3. The van der Waals surface area contributed by atoms with Gasteiger partial charge in [-0.15, -0.1) is 0 Å². The van der Waals surface area contributed by atoms with Crippen LogP contribution in [-0.2, 0) is 20.0 Å². The van der Waals surface area contributed by atoms with Crippen LogP contribution in [-0.4, -0.2) is 18.9 Å². The summed E-state index contributed by atoms with van der Waals surface area (Å²) in [6.07, 6.45) is 8.11. The van der Waals surface area contributed by atoms with Crippen LogP contribution in [0.3, 0.4) is 0 Å². The summed E-state index contributed by atoms with van der Waals surface area (Å²) in [5.41, 5.74) is 2.14. The topological polar surface area (TPSA) is 35.5 Å². The lowest BCUT2D eigenvalue weighted by atomic mass is 10.1. The molecule has 0 spiro atoms. The third kappa shape index (κ3) is 7.03. The lowest BCUT2D eigenvalue weighted by Gasteiger charge is -2.24. The second-order valence-electron chi connectivity index (χ2n) is 5.70. The van der Waals surface area contributed by atoms with Gasteiger partial charge in [-0.05, 0) is 39.2 Å². The van der Waals surface area contributed by atoms with Crippen molar-refractivity contribution >= 4 is 7.60 Å². The fourth-order valence-corrected chi connectivity index (χ4v) is 4.36. The van der Waals surface area contributed by atoms with Crippen LogP contribution in [0.1, 0.15) is 51.2 Å². The summed E-state index contributed by atoms with van der Waals surface area (Å²) in [7, 11) is -3.14. The molecule has 0 saturated heterocycles. The number of hydrogen-bond donors (Lipinski definition) is 0. The van der Waals surface area contributed by atoms with Gasteiger partial charge in [-0.2, -0.15) is 0 Å². The predicted octanol–water partition coefficient (Wildman–Crippen LogP) is 5.92. The van der Waals surface area contributed by atoms with E-state index in [2.05, 4.69) is 44.2 Å². The first-order chi connectivity index (χ1) is 11.1. The highest BCUT2D eigenvalue weighted by molar-refractivity contribution is 7.54. The van der Waals surface area contributed by atoms with E-state index in [4.69, 9.17) is 9.05 Å². The summed E-state index contributed by atoms with van der Waals surface area (Å²) in [5, 5.41) is 0. The third-order valence-corrected chi connectivity index (χ3v) is 6.08. The van der Waals surface area contributed by atoms with Crippen LogP contribution in [0.15, 0.2) is 36.4 Å². The van der Waals surface area contributed by atoms with Crippen LogP contribution in [0.4, 0.5) is 0 Å². The largest absolute Gasteiger partial charge is 0.337 e. The molecular weight excluding hydrogens is 307 g/mol. The SMILES string of the molecule is CCCC/C=C/C(Cc1ccc(C)cc1)P(=O)(OCC)OCC. The van der Waals surface area contributed by atoms with Gasteiger partial charge in [0.1, 0.15) is 0 Å². The van der Waals surface area contributed by atoms with Gasteiger partial charge in [-0.3, -0.25) is 4.57 Å². The summed E-state index contributed by atoms with van der Waals surface area (Å²) in [5.74, 6) is 0. The molecule has 130 valence electrons. The quantitative estimate of drug-likeness (QED) is 0.285. The van der Waals surface area contributed by atoms with Crippen LogP contribution in [0.2, 0.25) is 0 Å². The number of hydrogen-bond acceptors (Lipinski definition) is 3. The van der Waals surface area contributed by atoms with Crippen LogP contribution in [0, 0.1) is 6.92 Å². The fourth-order valence-electron chi connectivity index (χ4n) is 2.41. The fraction of sp³-hybridized carbons (Fsp3) is 0.579. The molecule has 0 heterocycles. The van der Waals surface area contributed by atoms with Gasteiger partial charge >= 0.3 is 7.60 Å². The standard InChI is InChI=1S/C19H31O3P/c1-5-8-9-10-11-19(23(20,21-6-2)22-7-3)16-18-14-12-17(4)13-15-18/h10-15,19H,5-9,16H2,1-4H3/b11-10+. The van der Waals surface area contributed by atoms with E-state index in [-0.39, 0.29) is 5.66 Å². The molecule has 0 N–H and O–H groups in total. The first kappa shape index (κ1) is 20.2. The Hall–Kier alpha value is -0.890. The Balaban J connectivity index is 2.96. The zero-order chi connectivity index (χ0) is 17.1. The van der Waals surface area contributed by atoms with E-state index in [0.29, 0.717) is 19.6 Å². The van der Waals surface area contributed by atoms with Crippen molar-refractivity contribution in [1.29, 1.82) is 0 Å². The maximum atomic E-state index is 13.2. The summed E-state index contributed by atoms with van der Waals surface area (Å²) in [4.78, 5) is 0. The Morgan fingerprint density at radius 2 is 1.70 bits per heavy atom. The van der Waals surface area contributed by atoms with E-state index in [1.807, 2.05) is 19.9 Å². The van der Waals surface area contributed by atoms with Crippen molar-refractivity contribution in [2.24, 2.45) is 0 Å². The Morgan fingerprint density at radius 3 is 2.22 bits per heavy atom. The average molecular weight is 338 g/mol. The highest BCUT2D eigenvalue weighted by Crippen LogP contribution is 2.54. The second kappa shape index (κ2) is 10.8. The van der Waals surface area contributed by atoms with Crippen molar-refractivity contribution in [3.05, 3.63) is 47.5 Å². The van der Waals surface area contributed by atoms with Gasteiger partial charge in [0.05, 0.1) is 18.9 Å². The molecule has 0 aromatic heterocycles. The number of aryl methyl sites for hydroxylation is 1. The molecule has 1 aromatic carbocycles. The van der Waals surface area contributed by atoms with Gasteiger partial charge in [-0.1, -0.05) is 61.7 Å². The van der Waals surface area contributed by atoms with Gasteiger partial charge in [0.25, 0.3) is 0 Å². The maximum absolute atomic E-state index is 13.2. The van der Waals surface area contributed by atoms with Gasteiger partial charge in [0.2, 0.25) is 0 Å². The molecule has 0 saturated carbocycles. The van der Waals surface area contributed by atoms with Crippen molar-refractivity contribution < 1.29 is 13.6 Å². The summed E-state index contributed by atoms with van der Waals surface area (Å²) < 4.78 is 24.3. The Morgan fingerprint density at radius 1 is 1.09 bits per heavy atom. The molecule has 0 bridgehead atoms. The molecule has 1 aromatic rings. The lowest BCUT2D eigenvalue weighted by Crippen LogP contribution is -2.14. The minimum Gasteiger partial charge on any atom is -0.308 e. The van der Waals surface area contributed by atoms with Crippen molar-refractivity contribution in [1.82, 2.24) is 0 Å². The highest BCUT2D eigenvalue weighted by atomic mass is 31.2. The Kier molecular flexibility index (Phi) is 9.47. The van der Waals surface area contributed by atoms with Crippen LogP contribution in [0.5, 0.6) is 0 Å². The lowest BCUT2D eigenvalue weighted by molar-refractivity contribution is 0.215. The minimum atomic E-state index is -3.14. The van der Waals surface area contributed by atoms with Crippen LogP contribution in [0.25, 0.3) is 0 Å². The second-order valence-corrected chi connectivity index (χ2v) is 7.96. The van der Waals surface area contributed by atoms with Crippen LogP contribution >= 0.6 is 7.60 Å². The molecule has 0 radical (unpaired) electrons. The van der Waals surface area contributed by atoms with E-state index in [0.717, 1.165) is 24.8 Å². The molecule has 1 atom stereocenters. The van der Waals surface area contributed by atoms with Gasteiger partial charge < -0.3 is 9.05 Å². The highest BCUT2D eigenvalue weighted by Gasteiger charge is 2.33. The monoisotopic (exact) mass is 338 g/mol. The smallest absolute Gasteiger partial charge is 0.308 e. The minimum absolute atomic E-state index is 0.234. The third-order valence-electron chi connectivity index (χ3n) is 3.67. The molecule has 0 aliphatic heterocycles. The summed E-state index contributed by atoms with van der Waals surface area (Å²) in [6, 6.07) is 8.34. The molecule has 23 heavy (non-hydrogen) atoms. The molecule has 0 aliphatic rings. The van der Waals surface area contributed by atoms with Crippen molar-refractivity contribution in [3.8, 4) is 0 Å². The van der Waals surface area contributed by atoms with E-state index in [1.54, 1.807) is 0 Å². The van der Waals surface area contributed by atoms with E-state index in [1.165, 1.54) is 5.56 Å². The van der Waals surface area contributed by atoms with E-state index in [9.17, 15) is 4.57 Å². The number of unbranched alkanes of at least 4 members (excludes halogenated alkanes) is 2.